The van der Waals surface area contributed by atoms with Gasteiger partial charge in [-0.25, -0.2) is 0 Å². The lowest BCUT2D eigenvalue weighted by atomic mass is 10.2. The number of pyridine rings is 1. The molecule has 0 saturated carbocycles. The summed E-state index contributed by atoms with van der Waals surface area (Å²) in [5.41, 5.74) is 1.15. The fourth-order valence-corrected chi connectivity index (χ4v) is 2.82. The van der Waals surface area contributed by atoms with Crippen molar-refractivity contribution in [3.63, 3.8) is 0 Å². The molecule has 2 N–H and O–H groups in total. The summed E-state index contributed by atoms with van der Waals surface area (Å²) in [6.45, 7) is 0.740. The molecule has 6 nitrogen and oxygen atoms in total. The number of hydrogen-bond acceptors (Lipinski definition) is 7. The number of aliphatic carboxylic acids is 1. The predicted molar refractivity (Wildman–Crippen MR) is 74.7 cm³/mol. The van der Waals surface area contributed by atoms with Crippen molar-refractivity contribution in [3.8, 4) is 0 Å². The van der Waals surface area contributed by atoms with Gasteiger partial charge in [-0.05, 0) is 18.1 Å². The Bertz CT molecular complexity index is 533. The zero-order valence-corrected chi connectivity index (χ0v) is 11.6. The van der Waals surface area contributed by atoms with Gasteiger partial charge in [-0.15, -0.1) is 10.2 Å². The van der Waals surface area contributed by atoms with Crippen molar-refractivity contribution < 1.29 is 9.90 Å². The van der Waals surface area contributed by atoms with Gasteiger partial charge < -0.3 is 10.4 Å². The Kier molecular flexibility index (Phi) is 5.10. The second-order valence-electron chi connectivity index (χ2n) is 3.59. The van der Waals surface area contributed by atoms with Crippen LogP contribution in [0.5, 0.6) is 0 Å². The molecule has 0 atom stereocenters. The van der Waals surface area contributed by atoms with E-state index in [0.29, 0.717) is 9.47 Å². The molecule has 0 radical (unpaired) electrons. The largest absolute Gasteiger partial charge is 0.481 e. The van der Waals surface area contributed by atoms with Gasteiger partial charge >= 0.3 is 5.97 Å². The number of rotatable bonds is 7. The van der Waals surface area contributed by atoms with Crippen molar-refractivity contribution in [1.82, 2.24) is 15.2 Å². The van der Waals surface area contributed by atoms with E-state index in [4.69, 9.17) is 5.11 Å². The number of thioether (sulfide) groups is 1. The van der Waals surface area contributed by atoms with Gasteiger partial charge in [-0.2, -0.15) is 0 Å². The molecule has 0 aliphatic heterocycles. The Balaban J connectivity index is 1.76. The summed E-state index contributed by atoms with van der Waals surface area (Å²) in [6, 6.07) is 3.92. The molecule has 0 bridgehead atoms. The van der Waals surface area contributed by atoms with Gasteiger partial charge in [-0.1, -0.05) is 29.2 Å². The number of carboxylic acid groups (broad SMARTS) is 1. The highest BCUT2D eigenvalue weighted by molar-refractivity contribution is 8.01. The lowest BCUT2D eigenvalue weighted by Crippen LogP contribution is -2.04. The Morgan fingerprint density at radius 3 is 3.11 bits per heavy atom. The van der Waals surface area contributed by atoms with Crippen molar-refractivity contribution >= 4 is 34.2 Å². The van der Waals surface area contributed by atoms with Crippen molar-refractivity contribution in [2.45, 2.75) is 10.8 Å². The minimum atomic E-state index is -0.855. The van der Waals surface area contributed by atoms with Gasteiger partial charge in [-0.3, -0.25) is 9.78 Å². The van der Waals surface area contributed by atoms with Gasteiger partial charge in [0.1, 0.15) is 0 Å². The van der Waals surface area contributed by atoms with Gasteiger partial charge in [0.05, 0.1) is 5.75 Å². The third-order valence-electron chi connectivity index (χ3n) is 2.14. The van der Waals surface area contributed by atoms with Crippen LogP contribution in [-0.4, -0.2) is 38.6 Å². The molecule has 0 saturated heterocycles. The van der Waals surface area contributed by atoms with E-state index in [0.717, 1.165) is 18.5 Å². The molecule has 0 amide bonds. The van der Waals surface area contributed by atoms with Crippen molar-refractivity contribution in [3.05, 3.63) is 30.1 Å². The van der Waals surface area contributed by atoms with Crippen LogP contribution in [0.1, 0.15) is 5.56 Å². The van der Waals surface area contributed by atoms with E-state index in [1.165, 1.54) is 23.1 Å². The highest BCUT2D eigenvalue weighted by Crippen LogP contribution is 2.25. The summed E-state index contributed by atoms with van der Waals surface area (Å²) >= 11 is 2.54. The molecule has 2 heterocycles. The maximum Gasteiger partial charge on any atom is 0.313 e. The van der Waals surface area contributed by atoms with Gasteiger partial charge in [0.15, 0.2) is 4.34 Å². The van der Waals surface area contributed by atoms with Crippen LogP contribution in [-0.2, 0) is 11.2 Å². The average molecular weight is 296 g/mol. The molecule has 0 aliphatic rings. The highest BCUT2D eigenvalue weighted by Gasteiger charge is 2.06. The quantitative estimate of drug-likeness (QED) is 0.753. The number of carboxylic acids is 1. The molecular weight excluding hydrogens is 284 g/mol. The Hall–Kier alpha value is -1.67. The second kappa shape index (κ2) is 7.05. The summed E-state index contributed by atoms with van der Waals surface area (Å²) < 4.78 is 0.659. The Labute approximate surface area is 118 Å². The topological polar surface area (TPSA) is 88.0 Å². The number of nitrogens with one attached hydrogen (secondary N) is 1. The van der Waals surface area contributed by atoms with Crippen molar-refractivity contribution in [2.75, 3.05) is 17.6 Å². The summed E-state index contributed by atoms with van der Waals surface area (Å²) in [5, 5.41) is 20.3. The first-order chi connectivity index (χ1) is 9.24. The number of anilines is 1. The van der Waals surface area contributed by atoms with Crippen LogP contribution < -0.4 is 5.32 Å². The minimum absolute atomic E-state index is 0.00428. The first-order valence-corrected chi connectivity index (χ1v) is 7.35. The maximum absolute atomic E-state index is 10.4. The standard InChI is InChI=1S/C11H12N4O2S2/c16-9(17)7-18-11-15-14-10(19-11)13-5-3-8-2-1-4-12-6-8/h1-2,4,6H,3,5,7H2,(H,13,14)(H,16,17). The third kappa shape index (κ3) is 4.84. The van der Waals surface area contributed by atoms with Crippen LogP contribution in [0, 0.1) is 0 Å². The molecule has 2 aromatic heterocycles. The van der Waals surface area contributed by atoms with E-state index < -0.39 is 5.97 Å². The maximum atomic E-state index is 10.4. The smallest absolute Gasteiger partial charge is 0.313 e. The molecule has 0 aliphatic carbocycles. The summed E-state index contributed by atoms with van der Waals surface area (Å²) in [7, 11) is 0. The lowest BCUT2D eigenvalue weighted by molar-refractivity contribution is -0.133. The number of aromatic nitrogens is 3. The second-order valence-corrected chi connectivity index (χ2v) is 5.79. The first kappa shape index (κ1) is 13.8. The van der Waals surface area contributed by atoms with E-state index in [2.05, 4.69) is 20.5 Å². The van der Waals surface area contributed by atoms with Gasteiger partial charge in [0.2, 0.25) is 5.13 Å². The lowest BCUT2D eigenvalue weighted by Gasteiger charge is -2.01. The van der Waals surface area contributed by atoms with Crippen LogP contribution in [0.25, 0.3) is 0 Å². The van der Waals surface area contributed by atoms with Crippen LogP contribution in [0.2, 0.25) is 0 Å². The summed E-state index contributed by atoms with van der Waals surface area (Å²) in [4.78, 5) is 14.5. The molecule has 0 spiro atoms. The van der Waals surface area contributed by atoms with Gasteiger partial charge in [0, 0.05) is 18.9 Å². The normalized spacial score (nSPS) is 10.3. The fourth-order valence-electron chi connectivity index (χ4n) is 1.32. The number of nitrogens with zero attached hydrogens (tertiary/aromatic N) is 3. The molecule has 0 unspecified atom stereocenters. The first-order valence-electron chi connectivity index (χ1n) is 5.55. The summed E-state index contributed by atoms with van der Waals surface area (Å²) in [5.74, 6) is -0.851. The molecule has 2 rings (SSSR count). The number of carbonyl (C=O) groups is 1. The molecule has 0 fully saturated rings. The van der Waals surface area contributed by atoms with E-state index in [-0.39, 0.29) is 5.75 Å². The summed E-state index contributed by atoms with van der Waals surface area (Å²) in [6.07, 6.45) is 4.43. The van der Waals surface area contributed by atoms with E-state index >= 15 is 0 Å². The fraction of sp³-hybridized carbons (Fsp3) is 0.273. The van der Waals surface area contributed by atoms with Crippen LogP contribution in [0.15, 0.2) is 28.9 Å². The molecule has 19 heavy (non-hydrogen) atoms. The monoisotopic (exact) mass is 296 g/mol. The SMILES string of the molecule is O=C(O)CSc1nnc(NCCc2cccnc2)s1. The molecular formula is C11H12N4O2S2. The van der Waals surface area contributed by atoms with E-state index in [1.807, 2.05) is 18.3 Å². The molecule has 100 valence electrons. The predicted octanol–water partition coefficient (Wildman–Crippen LogP) is 1.76. The van der Waals surface area contributed by atoms with E-state index in [9.17, 15) is 4.79 Å². The van der Waals surface area contributed by atoms with Crippen LogP contribution >= 0.6 is 23.1 Å². The number of hydrogen-bond donors (Lipinski definition) is 2. The molecule has 0 aromatic carbocycles. The average Bonchev–Trinajstić information content (AvgIpc) is 2.86. The van der Waals surface area contributed by atoms with Crippen molar-refractivity contribution in [1.29, 1.82) is 0 Å². The van der Waals surface area contributed by atoms with E-state index in [1.54, 1.807) is 6.20 Å². The van der Waals surface area contributed by atoms with Gasteiger partial charge in [0.25, 0.3) is 0 Å². The molecule has 2 aromatic rings. The Morgan fingerprint density at radius 1 is 1.47 bits per heavy atom. The third-order valence-corrected chi connectivity index (χ3v) is 4.14. The van der Waals surface area contributed by atoms with Crippen molar-refractivity contribution in [2.24, 2.45) is 0 Å². The molecule has 8 heteroatoms. The highest BCUT2D eigenvalue weighted by atomic mass is 32.2. The van der Waals surface area contributed by atoms with Crippen LogP contribution in [0.4, 0.5) is 5.13 Å². The zero-order valence-electron chi connectivity index (χ0n) is 9.94. The van der Waals surface area contributed by atoms with Crippen LogP contribution in [0.3, 0.4) is 0 Å². The minimum Gasteiger partial charge on any atom is -0.481 e. The zero-order chi connectivity index (χ0) is 13.5. The Morgan fingerprint density at radius 2 is 2.37 bits per heavy atom.